The minimum Gasteiger partial charge on any atom is -0.354 e. The lowest BCUT2D eigenvalue weighted by atomic mass is 10.1. The number of unbranched alkanes of at least 4 members (excludes halogenated alkanes) is 6. The predicted octanol–water partition coefficient (Wildman–Crippen LogP) is 3.74. The van der Waals surface area contributed by atoms with Crippen LogP contribution in [0, 0.1) is 0 Å². The molecule has 98 valence electrons. The van der Waals surface area contributed by atoms with E-state index >= 15 is 0 Å². The highest BCUT2D eigenvalue weighted by Gasteiger charge is 1.96. The standard InChI is InChI=1S/C15H28N2/c1-2-3-4-5-6-7-8-12-17-13-10-15(14-17)9-11-16/h10,13-14H,2-9,11-12,16H2,1H3. The van der Waals surface area contributed by atoms with Crippen LogP contribution in [0.25, 0.3) is 0 Å². The molecule has 17 heavy (non-hydrogen) atoms. The Hall–Kier alpha value is -0.760. The van der Waals surface area contributed by atoms with Gasteiger partial charge in [0.15, 0.2) is 0 Å². The first kappa shape index (κ1) is 14.3. The lowest BCUT2D eigenvalue weighted by Gasteiger charge is -2.03. The fourth-order valence-electron chi connectivity index (χ4n) is 2.20. The molecule has 0 aliphatic heterocycles. The van der Waals surface area contributed by atoms with Gasteiger partial charge in [0.05, 0.1) is 0 Å². The zero-order valence-electron chi connectivity index (χ0n) is 11.3. The first-order chi connectivity index (χ1) is 8.36. The van der Waals surface area contributed by atoms with Gasteiger partial charge in [0.25, 0.3) is 0 Å². The molecule has 0 aliphatic rings. The highest BCUT2D eigenvalue weighted by molar-refractivity contribution is 5.10. The molecule has 0 aliphatic carbocycles. The third kappa shape index (κ3) is 6.52. The van der Waals surface area contributed by atoms with Gasteiger partial charge in [-0.05, 0) is 31.0 Å². The van der Waals surface area contributed by atoms with Crippen LogP contribution in [0.1, 0.15) is 57.4 Å². The lowest BCUT2D eigenvalue weighted by molar-refractivity contribution is 0.550. The fourth-order valence-corrected chi connectivity index (χ4v) is 2.20. The van der Waals surface area contributed by atoms with Crippen LogP contribution in [0.15, 0.2) is 18.5 Å². The maximum Gasteiger partial charge on any atom is 0.0219 e. The van der Waals surface area contributed by atoms with Crippen molar-refractivity contribution in [3.05, 3.63) is 24.0 Å². The second-order valence-electron chi connectivity index (χ2n) is 4.92. The zero-order valence-corrected chi connectivity index (χ0v) is 11.3. The van der Waals surface area contributed by atoms with E-state index in [0.717, 1.165) is 13.0 Å². The Morgan fingerprint density at radius 1 is 1.06 bits per heavy atom. The van der Waals surface area contributed by atoms with Gasteiger partial charge in [-0.3, -0.25) is 0 Å². The molecule has 0 fully saturated rings. The van der Waals surface area contributed by atoms with Crippen molar-refractivity contribution < 1.29 is 0 Å². The third-order valence-electron chi connectivity index (χ3n) is 3.26. The molecule has 1 rings (SSSR count). The van der Waals surface area contributed by atoms with Crippen LogP contribution in [-0.4, -0.2) is 11.1 Å². The van der Waals surface area contributed by atoms with Crippen molar-refractivity contribution >= 4 is 0 Å². The van der Waals surface area contributed by atoms with Crippen LogP contribution in [-0.2, 0) is 13.0 Å². The Bertz CT molecular complexity index is 278. The summed E-state index contributed by atoms with van der Waals surface area (Å²) in [5.74, 6) is 0. The monoisotopic (exact) mass is 236 g/mol. The van der Waals surface area contributed by atoms with Crippen molar-refractivity contribution in [2.45, 2.75) is 64.8 Å². The van der Waals surface area contributed by atoms with Gasteiger partial charge in [-0.2, -0.15) is 0 Å². The van der Waals surface area contributed by atoms with Gasteiger partial charge in [-0.15, -0.1) is 0 Å². The Balaban J connectivity index is 2.01. The van der Waals surface area contributed by atoms with E-state index in [9.17, 15) is 0 Å². The summed E-state index contributed by atoms with van der Waals surface area (Å²) in [6, 6.07) is 2.19. The second kappa shape index (κ2) is 9.29. The average Bonchev–Trinajstić information content (AvgIpc) is 2.76. The minimum absolute atomic E-state index is 0.751. The summed E-state index contributed by atoms with van der Waals surface area (Å²) in [5.41, 5.74) is 6.91. The summed E-state index contributed by atoms with van der Waals surface area (Å²) in [5, 5.41) is 0. The molecule has 1 heterocycles. The van der Waals surface area contributed by atoms with Crippen molar-refractivity contribution in [2.75, 3.05) is 6.54 Å². The zero-order chi connectivity index (χ0) is 12.3. The molecular weight excluding hydrogens is 208 g/mol. The summed E-state index contributed by atoms with van der Waals surface area (Å²) in [4.78, 5) is 0. The molecule has 0 aromatic carbocycles. The van der Waals surface area contributed by atoms with Crippen molar-refractivity contribution in [2.24, 2.45) is 5.73 Å². The predicted molar refractivity (Wildman–Crippen MR) is 75.2 cm³/mol. The third-order valence-corrected chi connectivity index (χ3v) is 3.26. The average molecular weight is 236 g/mol. The van der Waals surface area contributed by atoms with Crippen molar-refractivity contribution in [1.29, 1.82) is 0 Å². The van der Waals surface area contributed by atoms with Crippen LogP contribution in [0.3, 0.4) is 0 Å². The Kier molecular flexibility index (Phi) is 7.81. The number of nitrogens with two attached hydrogens (primary N) is 1. The molecule has 0 radical (unpaired) electrons. The number of aromatic nitrogens is 1. The topological polar surface area (TPSA) is 30.9 Å². The van der Waals surface area contributed by atoms with E-state index in [-0.39, 0.29) is 0 Å². The largest absolute Gasteiger partial charge is 0.354 e. The maximum absolute atomic E-state index is 5.54. The summed E-state index contributed by atoms with van der Waals surface area (Å²) < 4.78 is 2.30. The lowest BCUT2D eigenvalue weighted by Crippen LogP contribution is -2.02. The fraction of sp³-hybridized carbons (Fsp3) is 0.733. The number of rotatable bonds is 10. The summed E-state index contributed by atoms with van der Waals surface area (Å²) in [6.45, 7) is 4.19. The number of hydrogen-bond acceptors (Lipinski definition) is 1. The van der Waals surface area contributed by atoms with Gasteiger partial charge >= 0.3 is 0 Å². The van der Waals surface area contributed by atoms with Crippen molar-refractivity contribution in [3.63, 3.8) is 0 Å². The molecule has 0 amide bonds. The molecular formula is C15H28N2. The van der Waals surface area contributed by atoms with E-state index in [1.54, 1.807) is 0 Å². The molecule has 0 saturated carbocycles. The molecule has 0 saturated heterocycles. The molecule has 2 N–H and O–H groups in total. The molecule has 0 unspecified atom stereocenters. The molecule has 0 bridgehead atoms. The normalized spacial score (nSPS) is 10.9. The Morgan fingerprint density at radius 3 is 2.47 bits per heavy atom. The molecule has 0 atom stereocenters. The highest BCUT2D eigenvalue weighted by atomic mass is 14.9. The van der Waals surface area contributed by atoms with Gasteiger partial charge in [-0.1, -0.05) is 45.4 Å². The first-order valence-electron chi connectivity index (χ1n) is 7.21. The first-order valence-corrected chi connectivity index (χ1v) is 7.21. The van der Waals surface area contributed by atoms with Gasteiger partial charge in [0.2, 0.25) is 0 Å². The number of hydrogen-bond donors (Lipinski definition) is 1. The van der Waals surface area contributed by atoms with Gasteiger partial charge in [0, 0.05) is 18.9 Å². The van der Waals surface area contributed by atoms with Gasteiger partial charge in [0.1, 0.15) is 0 Å². The van der Waals surface area contributed by atoms with Crippen LogP contribution < -0.4 is 5.73 Å². The quantitative estimate of drug-likeness (QED) is 0.616. The van der Waals surface area contributed by atoms with E-state index < -0.39 is 0 Å². The van der Waals surface area contributed by atoms with Crippen LogP contribution in [0.5, 0.6) is 0 Å². The van der Waals surface area contributed by atoms with Gasteiger partial charge in [-0.25, -0.2) is 0 Å². The van der Waals surface area contributed by atoms with Crippen molar-refractivity contribution in [1.82, 2.24) is 4.57 Å². The number of nitrogens with zero attached hydrogens (tertiary/aromatic N) is 1. The smallest absolute Gasteiger partial charge is 0.0219 e. The summed E-state index contributed by atoms with van der Waals surface area (Å²) >= 11 is 0. The van der Waals surface area contributed by atoms with Gasteiger partial charge < -0.3 is 10.3 Å². The Morgan fingerprint density at radius 2 is 1.76 bits per heavy atom. The molecule has 1 aromatic rings. The van der Waals surface area contributed by atoms with E-state index in [0.29, 0.717) is 0 Å². The van der Waals surface area contributed by atoms with Crippen LogP contribution in [0.2, 0.25) is 0 Å². The van der Waals surface area contributed by atoms with E-state index in [1.165, 1.54) is 57.1 Å². The van der Waals surface area contributed by atoms with E-state index in [2.05, 4.69) is 30.0 Å². The van der Waals surface area contributed by atoms with Crippen LogP contribution >= 0.6 is 0 Å². The highest BCUT2D eigenvalue weighted by Crippen LogP contribution is 2.09. The van der Waals surface area contributed by atoms with E-state index in [1.807, 2.05) is 0 Å². The van der Waals surface area contributed by atoms with Crippen molar-refractivity contribution in [3.8, 4) is 0 Å². The van der Waals surface area contributed by atoms with Crippen LogP contribution in [0.4, 0.5) is 0 Å². The molecule has 1 aromatic heterocycles. The van der Waals surface area contributed by atoms with E-state index in [4.69, 9.17) is 5.73 Å². The summed E-state index contributed by atoms with van der Waals surface area (Å²) in [6.07, 6.45) is 15.1. The minimum atomic E-state index is 0.751. The second-order valence-corrected chi connectivity index (χ2v) is 4.92. The maximum atomic E-state index is 5.54. The Labute approximate surface area is 106 Å². The SMILES string of the molecule is CCCCCCCCCn1ccc(CCN)c1. The number of aryl methyl sites for hydroxylation is 1. The molecule has 0 spiro atoms. The molecule has 2 nitrogen and oxygen atoms in total. The molecule has 2 heteroatoms. The summed E-state index contributed by atoms with van der Waals surface area (Å²) in [7, 11) is 0.